The Morgan fingerprint density at radius 3 is 2.43 bits per heavy atom. The minimum atomic E-state index is -4.48. The predicted molar refractivity (Wildman–Crippen MR) is 45.7 cm³/mol. The highest BCUT2D eigenvalue weighted by molar-refractivity contribution is 7.50. The quantitative estimate of drug-likeness (QED) is 0.439. The summed E-state index contributed by atoms with van der Waals surface area (Å²) in [7, 11) is -4.48. The molecule has 80 valence electrons. The van der Waals surface area contributed by atoms with Crippen molar-refractivity contribution in [2.45, 2.75) is 0 Å². The van der Waals surface area contributed by atoms with Gasteiger partial charge in [0.25, 0.3) is 0 Å². The molecule has 0 radical (unpaired) electrons. The number of aliphatic carboxylic acids is 1. The van der Waals surface area contributed by atoms with Crippen molar-refractivity contribution in [2.75, 3.05) is 19.6 Å². The first-order valence-corrected chi connectivity index (χ1v) is 5.27. The van der Waals surface area contributed by atoms with Gasteiger partial charge in [-0.15, -0.1) is 0 Å². The third-order valence-electron chi connectivity index (χ3n) is 1.77. The number of carbonyl (C=O) groups is 1. The zero-order valence-corrected chi connectivity index (χ0v) is 8.02. The summed E-state index contributed by atoms with van der Waals surface area (Å²) in [6, 6.07) is 0. The van der Waals surface area contributed by atoms with E-state index in [1.165, 1.54) is 0 Å². The third-order valence-corrected chi connectivity index (χ3v) is 2.78. The van der Waals surface area contributed by atoms with E-state index >= 15 is 0 Å². The first-order valence-electron chi connectivity index (χ1n) is 3.71. The monoisotopic (exact) mass is 223 g/mol. The molecule has 8 nitrogen and oxygen atoms in total. The molecule has 0 amide bonds. The summed E-state index contributed by atoms with van der Waals surface area (Å²) >= 11 is 0. The van der Waals surface area contributed by atoms with Crippen LogP contribution in [-0.4, -0.2) is 56.0 Å². The van der Waals surface area contributed by atoms with E-state index < -0.39 is 26.2 Å². The summed E-state index contributed by atoms with van der Waals surface area (Å²) in [5.41, 5.74) is 0. The molecule has 1 heterocycles. The fraction of sp³-hybridized carbons (Fsp3) is 0.600. The van der Waals surface area contributed by atoms with Gasteiger partial charge >= 0.3 is 13.7 Å². The second kappa shape index (κ2) is 3.56. The molecule has 0 atom stereocenters. The van der Waals surface area contributed by atoms with Crippen LogP contribution in [0, 0.1) is 5.41 Å². The fourth-order valence-electron chi connectivity index (χ4n) is 1.16. The maximum atomic E-state index is 10.8. The lowest BCUT2D eigenvalue weighted by atomic mass is 10.5. The van der Waals surface area contributed by atoms with Crippen LogP contribution in [0.4, 0.5) is 0 Å². The number of nitrogens with zero attached hydrogens (tertiary/aromatic N) is 2. The van der Waals surface area contributed by atoms with Crippen molar-refractivity contribution in [3.63, 3.8) is 0 Å². The first kappa shape index (κ1) is 11.0. The first-order chi connectivity index (χ1) is 6.32. The second-order valence-corrected chi connectivity index (χ2v) is 4.28. The number of hydrogen-bond donors (Lipinski definition) is 4. The molecule has 1 fully saturated rings. The van der Waals surface area contributed by atoms with Crippen LogP contribution in [0.25, 0.3) is 0 Å². The van der Waals surface area contributed by atoms with Gasteiger partial charge in [0, 0.05) is 13.1 Å². The van der Waals surface area contributed by atoms with Crippen LogP contribution >= 0.6 is 7.75 Å². The third kappa shape index (κ3) is 2.22. The van der Waals surface area contributed by atoms with Gasteiger partial charge in [0.15, 0.2) is 0 Å². The molecule has 0 unspecified atom stereocenters. The van der Waals surface area contributed by atoms with Gasteiger partial charge in [-0.1, -0.05) is 0 Å². The Morgan fingerprint density at radius 2 is 2.07 bits per heavy atom. The average Bonchev–Trinajstić information content (AvgIpc) is 2.30. The SMILES string of the molecule is N=C1N(CC(=O)O)CCN1P(=O)(O)O. The minimum Gasteiger partial charge on any atom is -0.480 e. The Labute approximate surface area is 79.5 Å². The molecule has 1 aliphatic heterocycles. The van der Waals surface area contributed by atoms with Gasteiger partial charge in [0.05, 0.1) is 0 Å². The Bertz CT molecular complexity index is 312. The molecule has 9 heteroatoms. The Kier molecular flexibility index (Phi) is 2.79. The van der Waals surface area contributed by atoms with E-state index in [-0.39, 0.29) is 13.1 Å². The van der Waals surface area contributed by atoms with Crippen LogP contribution in [0.2, 0.25) is 0 Å². The molecule has 0 aromatic rings. The fourth-order valence-corrected chi connectivity index (χ4v) is 1.88. The molecule has 0 spiro atoms. The molecule has 0 aromatic heterocycles. The van der Waals surface area contributed by atoms with Crippen LogP contribution < -0.4 is 0 Å². The van der Waals surface area contributed by atoms with Crippen molar-refractivity contribution < 1.29 is 24.3 Å². The van der Waals surface area contributed by atoms with Gasteiger partial charge in [0.1, 0.15) is 6.54 Å². The lowest BCUT2D eigenvalue weighted by Gasteiger charge is -2.20. The van der Waals surface area contributed by atoms with E-state index in [4.69, 9.17) is 20.3 Å². The molecule has 1 rings (SSSR count). The van der Waals surface area contributed by atoms with Crippen LogP contribution in [0.5, 0.6) is 0 Å². The van der Waals surface area contributed by atoms with Crippen LogP contribution in [0.15, 0.2) is 0 Å². The standard InChI is InChI=1S/C5H10N3O5P/c6-5-7(3-4(9)10)1-2-8(5)14(11,12)13/h6H,1-3H2,(H,9,10)(H2,11,12,13). The summed E-state index contributed by atoms with van der Waals surface area (Å²) in [4.78, 5) is 28.9. The molecule has 14 heavy (non-hydrogen) atoms. The highest BCUT2D eigenvalue weighted by Crippen LogP contribution is 2.41. The zero-order valence-electron chi connectivity index (χ0n) is 7.12. The number of rotatable bonds is 3. The number of carboxylic acids is 1. The van der Waals surface area contributed by atoms with Gasteiger partial charge < -0.3 is 19.8 Å². The van der Waals surface area contributed by atoms with Crippen molar-refractivity contribution >= 4 is 19.7 Å². The molecule has 0 aliphatic carbocycles. The second-order valence-electron chi connectivity index (χ2n) is 2.78. The van der Waals surface area contributed by atoms with Gasteiger partial charge in [0.2, 0.25) is 5.96 Å². The highest BCUT2D eigenvalue weighted by atomic mass is 31.2. The number of carboxylic acid groups (broad SMARTS) is 1. The Hall–Kier alpha value is -1.11. The van der Waals surface area contributed by atoms with E-state index in [1.54, 1.807) is 0 Å². The van der Waals surface area contributed by atoms with Crippen molar-refractivity contribution in [3.8, 4) is 0 Å². The number of hydrogen-bond acceptors (Lipinski definition) is 3. The van der Waals surface area contributed by atoms with E-state index in [0.29, 0.717) is 4.67 Å². The summed E-state index contributed by atoms with van der Waals surface area (Å²) in [5, 5.41) is 15.7. The lowest BCUT2D eigenvalue weighted by Crippen LogP contribution is -2.34. The number of guanidine groups is 1. The lowest BCUT2D eigenvalue weighted by molar-refractivity contribution is -0.137. The van der Waals surface area contributed by atoms with E-state index in [1.807, 2.05) is 0 Å². The smallest absolute Gasteiger partial charge is 0.432 e. The predicted octanol–water partition coefficient (Wildman–Crippen LogP) is -1.28. The molecular weight excluding hydrogens is 213 g/mol. The van der Waals surface area contributed by atoms with Crippen LogP contribution in [0.1, 0.15) is 0 Å². The molecule has 0 aromatic carbocycles. The Morgan fingerprint density at radius 1 is 1.50 bits per heavy atom. The molecule has 4 N–H and O–H groups in total. The van der Waals surface area contributed by atoms with Gasteiger partial charge in [-0.2, -0.15) is 0 Å². The minimum absolute atomic E-state index is 0.0314. The highest BCUT2D eigenvalue weighted by Gasteiger charge is 2.36. The molecule has 1 saturated heterocycles. The largest absolute Gasteiger partial charge is 0.480 e. The maximum Gasteiger partial charge on any atom is 0.432 e. The summed E-state index contributed by atoms with van der Waals surface area (Å²) in [6.07, 6.45) is 0. The molecule has 1 aliphatic rings. The van der Waals surface area contributed by atoms with Crippen molar-refractivity contribution in [2.24, 2.45) is 0 Å². The van der Waals surface area contributed by atoms with Crippen molar-refractivity contribution in [1.82, 2.24) is 9.57 Å². The van der Waals surface area contributed by atoms with Gasteiger partial charge in [-0.05, 0) is 0 Å². The number of nitrogens with one attached hydrogen (secondary N) is 1. The Balaban J connectivity index is 2.70. The maximum absolute atomic E-state index is 10.8. The topological polar surface area (TPSA) is 125 Å². The molecule has 0 saturated carbocycles. The van der Waals surface area contributed by atoms with E-state index in [0.717, 1.165) is 4.90 Å². The van der Waals surface area contributed by atoms with Crippen LogP contribution in [-0.2, 0) is 9.36 Å². The average molecular weight is 223 g/mol. The van der Waals surface area contributed by atoms with E-state index in [9.17, 15) is 9.36 Å². The normalized spacial score (nSPS) is 17.7. The molecular formula is C5H10N3O5P. The summed E-state index contributed by atoms with van der Waals surface area (Å²) in [5.74, 6) is -1.58. The zero-order chi connectivity index (χ0) is 10.9. The van der Waals surface area contributed by atoms with E-state index in [2.05, 4.69) is 0 Å². The summed E-state index contributed by atoms with van der Waals surface area (Å²) in [6.45, 7) is -0.317. The molecule has 0 bridgehead atoms. The summed E-state index contributed by atoms with van der Waals surface area (Å²) < 4.78 is 11.4. The van der Waals surface area contributed by atoms with Gasteiger partial charge in [-0.3, -0.25) is 10.2 Å². The van der Waals surface area contributed by atoms with Crippen molar-refractivity contribution in [3.05, 3.63) is 0 Å². The van der Waals surface area contributed by atoms with Gasteiger partial charge in [-0.25, -0.2) is 9.24 Å². The van der Waals surface area contributed by atoms with Crippen molar-refractivity contribution in [1.29, 1.82) is 5.41 Å². The van der Waals surface area contributed by atoms with Crippen LogP contribution in [0.3, 0.4) is 0 Å².